The summed E-state index contributed by atoms with van der Waals surface area (Å²) in [5.41, 5.74) is -0.405. The third-order valence-corrected chi connectivity index (χ3v) is 4.16. The maximum atomic E-state index is 10.2. The highest BCUT2D eigenvalue weighted by molar-refractivity contribution is 6.69. The number of rotatable bonds is 2. The van der Waals surface area contributed by atoms with E-state index < -0.39 is 8.32 Å². The highest BCUT2D eigenvalue weighted by Crippen LogP contribution is 2.38. The maximum absolute atomic E-state index is 10.2. The molecule has 0 unspecified atom stereocenters. The van der Waals surface area contributed by atoms with Crippen LogP contribution in [0.15, 0.2) is 0 Å². The summed E-state index contributed by atoms with van der Waals surface area (Å²) in [4.78, 5) is 0. The van der Waals surface area contributed by atoms with Gasteiger partial charge in [-0.3, -0.25) is 0 Å². The maximum Gasteiger partial charge on any atom is 0.184 e. The van der Waals surface area contributed by atoms with Gasteiger partial charge in [0.2, 0.25) is 0 Å². The third-order valence-electron chi connectivity index (χ3n) is 3.12. The molecule has 0 spiro atoms. The van der Waals surface area contributed by atoms with E-state index >= 15 is 0 Å². The molecule has 1 saturated heterocycles. The third kappa shape index (κ3) is 3.29. The van der Waals surface area contributed by atoms with Gasteiger partial charge in [0, 0.05) is 17.2 Å². The van der Waals surface area contributed by atoms with Crippen molar-refractivity contribution in [2.24, 2.45) is 0 Å². The number of hydrogen-bond donors (Lipinski definition) is 1. The number of piperidine rings is 1. The molecule has 0 atom stereocenters. The minimum Gasteiger partial charge on any atom is -0.415 e. The molecule has 0 aliphatic carbocycles. The summed E-state index contributed by atoms with van der Waals surface area (Å²) in [6.07, 6.45) is 2.08. The van der Waals surface area contributed by atoms with Crippen molar-refractivity contribution >= 4 is 8.32 Å². The summed E-state index contributed by atoms with van der Waals surface area (Å²) in [7, 11) is -1.49. The van der Waals surface area contributed by atoms with Gasteiger partial charge in [-0.25, -0.2) is 0 Å². The second-order valence-electron chi connectivity index (χ2n) is 7.20. The highest BCUT2D eigenvalue weighted by atomic mass is 28.4. The van der Waals surface area contributed by atoms with E-state index in [9.17, 15) is 5.21 Å². The van der Waals surface area contributed by atoms with Crippen molar-refractivity contribution in [3.05, 3.63) is 0 Å². The molecular formula is C12H27NO2Si. The number of hydroxylamine groups is 2. The quantitative estimate of drug-likeness (QED) is 0.758. The Morgan fingerprint density at radius 3 is 1.75 bits per heavy atom. The first kappa shape index (κ1) is 14.2. The van der Waals surface area contributed by atoms with Crippen LogP contribution in [0, 0.1) is 0 Å². The van der Waals surface area contributed by atoms with E-state index in [1.54, 1.807) is 0 Å². The molecule has 1 N–H and O–H groups in total. The largest absolute Gasteiger partial charge is 0.415 e. The molecule has 0 aromatic carbocycles. The van der Waals surface area contributed by atoms with Gasteiger partial charge in [-0.2, -0.15) is 5.06 Å². The van der Waals surface area contributed by atoms with Crippen molar-refractivity contribution in [3.8, 4) is 0 Å². The number of hydrogen-bond acceptors (Lipinski definition) is 3. The van der Waals surface area contributed by atoms with Crippen molar-refractivity contribution in [2.45, 2.75) is 77.4 Å². The van der Waals surface area contributed by atoms with E-state index in [1.807, 2.05) is 0 Å². The molecule has 0 aromatic heterocycles. The van der Waals surface area contributed by atoms with E-state index in [0.717, 1.165) is 12.8 Å². The molecule has 0 radical (unpaired) electrons. The molecule has 0 aromatic rings. The molecule has 0 bridgehead atoms. The van der Waals surface area contributed by atoms with E-state index in [4.69, 9.17) is 4.43 Å². The van der Waals surface area contributed by atoms with Gasteiger partial charge in [-0.1, -0.05) is 0 Å². The van der Waals surface area contributed by atoms with E-state index in [0.29, 0.717) is 0 Å². The van der Waals surface area contributed by atoms with Crippen molar-refractivity contribution < 1.29 is 9.63 Å². The zero-order valence-electron chi connectivity index (χ0n) is 11.8. The van der Waals surface area contributed by atoms with E-state index in [-0.39, 0.29) is 17.2 Å². The van der Waals surface area contributed by atoms with Crippen LogP contribution in [0.1, 0.15) is 40.5 Å². The Labute approximate surface area is 101 Å². The van der Waals surface area contributed by atoms with Gasteiger partial charge in [0.25, 0.3) is 0 Å². The Kier molecular flexibility index (Phi) is 3.62. The van der Waals surface area contributed by atoms with Crippen molar-refractivity contribution in [2.75, 3.05) is 0 Å². The zero-order valence-corrected chi connectivity index (χ0v) is 12.8. The summed E-state index contributed by atoms with van der Waals surface area (Å²) < 4.78 is 6.20. The van der Waals surface area contributed by atoms with Crippen molar-refractivity contribution in [1.29, 1.82) is 0 Å². The molecule has 1 heterocycles. The Morgan fingerprint density at radius 1 is 1.06 bits per heavy atom. The average Bonchev–Trinajstić information content (AvgIpc) is 1.95. The van der Waals surface area contributed by atoms with E-state index in [1.165, 1.54) is 5.06 Å². The molecule has 1 aliphatic heterocycles. The van der Waals surface area contributed by atoms with Gasteiger partial charge < -0.3 is 9.63 Å². The predicted molar refractivity (Wildman–Crippen MR) is 69.2 cm³/mol. The molecule has 1 rings (SSSR count). The van der Waals surface area contributed by atoms with Crippen LogP contribution >= 0.6 is 0 Å². The second-order valence-corrected chi connectivity index (χ2v) is 11.7. The zero-order chi connectivity index (χ0) is 12.8. The van der Waals surface area contributed by atoms with Gasteiger partial charge in [-0.15, -0.1) is 0 Å². The van der Waals surface area contributed by atoms with Crippen LogP contribution in [-0.4, -0.2) is 35.8 Å². The SMILES string of the molecule is CC1(C)CC(O[Si](C)(C)C)CC(C)(C)N1O. The topological polar surface area (TPSA) is 32.7 Å². The molecule has 3 nitrogen and oxygen atoms in total. The lowest BCUT2D eigenvalue weighted by molar-refractivity contribution is -0.255. The molecule has 4 heteroatoms. The van der Waals surface area contributed by atoms with Gasteiger partial charge >= 0.3 is 0 Å². The fraction of sp³-hybridized carbons (Fsp3) is 1.00. The normalized spacial score (nSPS) is 27.0. The van der Waals surface area contributed by atoms with Crippen LogP contribution in [-0.2, 0) is 4.43 Å². The Balaban J connectivity index is 2.79. The Hall–Kier alpha value is 0.0969. The highest BCUT2D eigenvalue weighted by Gasteiger charge is 2.46. The Morgan fingerprint density at radius 2 is 1.44 bits per heavy atom. The minimum absolute atomic E-state index is 0.202. The predicted octanol–water partition coefficient (Wildman–Crippen LogP) is 3.25. The van der Waals surface area contributed by atoms with Crippen molar-refractivity contribution in [3.63, 3.8) is 0 Å². The molecule has 1 aliphatic rings. The molecule has 0 amide bonds. The molecular weight excluding hydrogens is 218 g/mol. The van der Waals surface area contributed by atoms with Crippen LogP contribution < -0.4 is 0 Å². The molecule has 16 heavy (non-hydrogen) atoms. The van der Waals surface area contributed by atoms with Crippen LogP contribution in [0.5, 0.6) is 0 Å². The lowest BCUT2D eigenvalue weighted by Crippen LogP contribution is -2.61. The standard InChI is InChI=1S/C12H27NO2Si/c1-11(2)8-10(15-16(5,6)7)9-12(3,4)13(11)14/h10,14H,8-9H2,1-7H3. The van der Waals surface area contributed by atoms with Crippen molar-refractivity contribution in [1.82, 2.24) is 5.06 Å². The lowest BCUT2D eigenvalue weighted by atomic mass is 9.80. The average molecular weight is 245 g/mol. The molecule has 1 fully saturated rings. The summed E-state index contributed by atoms with van der Waals surface area (Å²) in [6, 6.07) is 0. The summed E-state index contributed by atoms with van der Waals surface area (Å²) >= 11 is 0. The summed E-state index contributed by atoms with van der Waals surface area (Å²) in [6.45, 7) is 15.0. The minimum atomic E-state index is -1.49. The van der Waals surface area contributed by atoms with Gasteiger partial charge in [-0.05, 0) is 60.2 Å². The molecule has 0 saturated carbocycles. The second kappa shape index (κ2) is 4.09. The smallest absolute Gasteiger partial charge is 0.184 e. The van der Waals surface area contributed by atoms with E-state index in [2.05, 4.69) is 47.3 Å². The van der Waals surface area contributed by atoms with Crippen LogP contribution in [0.4, 0.5) is 0 Å². The number of nitrogens with zero attached hydrogens (tertiary/aromatic N) is 1. The fourth-order valence-electron chi connectivity index (χ4n) is 2.76. The summed E-state index contributed by atoms with van der Waals surface area (Å²) in [5.74, 6) is 0. The van der Waals surface area contributed by atoms with Crippen LogP contribution in [0.3, 0.4) is 0 Å². The van der Waals surface area contributed by atoms with Crippen LogP contribution in [0.2, 0.25) is 19.6 Å². The van der Waals surface area contributed by atoms with Gasteiger partial charge in [0.1, 0.15) is 0 Å². The monoisotopic (exact) mass is 245 g/mol. The molecule has 96 valence electrons. The first-order valence-corrected chi connectivity index (χ1v) is 9.52. The van der Waals surface area contributed by atoms with Gasteiger partial charge in [0.15, 0.2) is 8.32 Å². The first-order chi connectivity index (χ1) is 6.94. The first-order valence-electron chi connectivity index (χ1n) is 6.11. The summed E-state index contributed by atoms with van der Waals surface area (Å²) in [5, 5.41) is 11.7. The lowest BCUT2D eigenvalue weighted by Gasteiger charge is -2.52. The van der Waals surface area contributed by atoms with Crippen LogP contribution in [0.25, 0.3) is 0 Å². The fourth-order valence-corrected chi connectivity index (χ4v) is 3.93. The Bertz CT molecular complexity index is 240. The van der Waals surface area contributed by atoms with Gasteiger partial charge in [0.05, 0.1) is 0 Å².